The zero-order valence-electron chi connectivity index (χ0n) is 16.0. The highest BCUT2D eigenvalue weighted by Gasteiger charge is 2.05. The summed E-state index contributed by atoms with van der Waals surface area (Å²) in [6, 6.07) is 24.5. The first-order chi connectivity index (χ1) is 14.2. The van der Waals surface area contributed by atoms with Gasteiger partial charge in [0.05, 0.1) is 6.21 Å². The maximum atomic E-state index is 12.0. The molecule has 0 saturated heterocycles. The van der Waals surface area contributed by atoms with E-state index in [9.17, 15) is 4.79 Å². The Morgan fingerprint density at radius 1 is 0.966 bits per heavy atom. The van der Waals surface area contributed by atoms with Crippen LogP contribution in [0.15, 0.2) is 96.6 Å². The van der Waals surface area contributed by atoms with Gasteiger partial charge in [-0.3, -0.25) is 4.79 Å². The maximum Gasteiger partial charge on any atom is 0.277 e. The summed E-state index contributed by atoms with van der Waals surface area (Å²) in [5.74, 6) is 1.76. The number of amides is 1. The molecule has 0 radical (unpaired) electrons. The molecule has 0 aliphatic rings. The minimum atomic E-state index is -0.341. The fourth-order valence-electron chi connectivity index (χ4n) is 2.61. The van der Waals surface area contributed by atoms with Crippen LogP contribution >= 0.6 is 0 Å². The number of para-hydroxylation sites is 2. The molecule has 5 heteroatoms. The Kier molecular flexibility index (Phi) is 7.18. The Balaban J connectivity index is 1.51. The van der Waals surface area contributed by atoms with Crippen LogP contribution in [0.25, 0.3) is 0 Å². The third-order valence-electron chi connectivity index (χ3n) is 3.94. The largest absolute Gasteiger partial charge is 0.483 e. The van der Waals surface area contributed by atoms with Gasteiger partial charge >= 0.3 is 0 Å². The summed E-state index contributed by atoms with van der Waals surface area (Å²) in [4.78, 5) is 12.0. The predicted octanol–water partition coefficient (Wildman–Crippen LogP) is 4.74. The molecule has 0 bridgehead atoms. The van der Waals surface area contributed by atoms with E-state index < -0.39 is 0 Å². The molecule has 0 heterocycles. The van der Waals surface area contributed by atoms with E-state index in [4.69, 9.17) is 9.47 Å². The lowest BCUT2D eigenvalue weighted by atomic mass is 10.1. The standard InChI is InChI=1S/C24H22N2O3/c1-2-9-20-11-6-7-15-23(20)28-18-24(27)26-25-17-19-10-8-14-22(16-19)29-21-12-4-3-5-13-21/h2-8,10-17H,1,9,18H2,(H,26,27)/b25-17-. The average Bonchev–Trinajstić information content (AvgIpc) is 2.74. The van der Waals surface area contributed by atoms with Crippen molar-refractivity contribution in [2.45, 2.75) is 6.42 Å². The zero-order chi connectivity index (χ0) is 20.3. The van der Waals surface area contributed by atoms with E-state index in [0.717, 1.165) is 16.9 Å². The van der Waals surface area contributed by atoms with E-state index in [2.05, 4.69) is 17.1 Å². The van der Waals surface area contributed by atoms with Gasteiger partial charge < -0.3 is 9.47 Å². The van der Waals surface area contributed by atoms with Gasteiger partial charge in [-0.25, -0.2) is 5.43 Å². The number of hydrogen-bond donors (Lipinski definition) is 1. The first kappa shape index (κ1) is 19.9. The summed E-state index contributed by atoms with van der Waals surface area (Å²) in [7, 11) is 0. The number of carbonyl (C=O) groups excluding carboxylic acids is 1. The Morgan fingerprint density at radius 3 is 2.55 bits per heavy atom. The van der Waals surface area contributed by atoms with Crippen LogP contribution < -0.4 is 14.9 Å². The van der Waals surface area contributed by atoms with Crippen LogP contribution in [0.1, 0.15) is 11.1 Å². The highest BCUT2D eigenvalue weighted by molar-refractivity contribution is 5.83. The Morgan fingerprint density at radius 2 is 1.72 bits per heavy atom. The summed E-state index contributed by atoms with van der Waals surface area (Å²) in [5, 5.41) is 3.98. The summed E-state index contributed by atoms with van der Waals surface area (Å²) in [6.45, 7) is 3.61. The molecule has 0 unspecified atom stereocenters. The third kappa shape index (κ3) is 6.36. The first-order valence-electron chi connectivity index (χ1n) is 9.21. The van der Waals surface area contributed by atoms with Crippen LogP contribution in [0.5, 0.6) is 17.2 Å². The number of allylic oxidation sites excluding steroid dienone is 1. The molecule has 146 valence electrons. The first-order valence-corrected chi connectivity index (χ1v) is 9.21. The van der Waals surface area contributed by atoms with E-state index in [-0.39, 0.29) is 12.5 Å². The van der Waals surface area contributed by atoms with Crippen LogP contribution in [0.4, 0.5) is 0 Å². The molecule has 0 aromatic heterocycles. The lowest BCUT2D eigenvalue weighted by Gasteiger charge is -2.09. The minimum Gasteiger partial charge on any atom is -0.483 e. The normalized spacial score (nSPS) is 10.5. The van der Waals surface area contributed by atoms with Crippen molar-refractivity contribution in [3.63, 3.8) is 0 Å². The molecule has 29 heavy (non-hydrogen) atoms. The van der Waals surface area contributed by atoms with E-state index in [1.807, 2.05) is 78.9 Å². The number of carbonyl (C=O) groups is 1. The summed E-state index contributed by atoms with van der Waals surface area (Å²) in [6.07, 6.45) is 4.03. The smallest absolute Gasteiger partial charge is 0.277 e. The van der Waals surface area contributed by atoms with Crippen LogP contribution in [0.3, 0.4) is 0 Å². The van der Waals surface area contributed by atoms with E-state index in [1.54, 1.807) is 12.3 Å². The van der Waals surface area contributed by atoms with Crippen LogP contribution in [-0.4, -0.2) is 18.7 Å². The molecule has 1 N–H and O–H groups in total. The van der Waals surface area contributed by atoms with Gasteiger partial charge in [0.15, 0.2) is 6.61 Å². The fourth-order valence-corrected chi connectivity index (χ4v) is 2.61. The van der Waals surface area contributed by atoms with Crippen molar-refractivity contribution in [1.82, 2.24) is 5.43 Å². The van der Waals surface area contributed by atoms with Crippen molar-refractivity contribution in [3.8, 4) is 17.2 Å². The highest BCUT2D eigenvalue weighted by atomic mass is 16.5. The van der Waals surface area contributed by atoms with Gasteiger partial charge in [0.2, 0.25) is 0 Å². The van der Waals surface area contributed by atoms with Gasteiger partial charge in [-0.2, -0.15) is 5.10 Å². The second-order valence-electron chi connectivity index (χ2n) is 6.17. The molecule has 1 amide bonds. The molecule has 0 atom stereocenters. The number of hydrogen-bond acceptors (Lipinski definition) is 4. The van der Waals surface area contributed by atoms with Crippen molar-refractivity contribution in [1.29, 1.82) is 0 Å². The van der Waals surface area contributed by atoms with Crippen LogP contribution in [-0.2, 0) is 11.2 Å². The Hall–Kier alpha value is -3.86. The number of benzene rings is 3. The van der Waals surface area contributed by atoms with Crippen LogP contribution in [0, 0.1) is 0 Å². The monoisotopic (exact) mass is 386 g/mol. The van der Waals surface area contributed by atoms with Crippen molar-refractivity contribution < 1.29 is 14.3 Å². The number of nitrogens with one attached hydrogen (secondary N) is 1. The molecular weight excluding hydrogens is 364 g/mol. The fraction of sp³-hybridized carbons (Fsp3) is 0.0833. The minimum absolute atomic E-state index is 0.122. The van der Waals surface area contributed by atoms with Gasteiger partial charge in [-0.15, -0.1) is 6.58 Å². The Bertz CT molecular complexity index is 984. The van der Waals surface area contributed by atoms with Crippen LogP contribution in [0.2, 0.25) is 0 Å². The van der Waals surface area contributed by atoms with Gasteiger partial charge in [0.1, 0.15) is 17.2 Å². The lowest BCUT2D eigenvalue weighted by Crippen LogP contribution is -2.24. The topological polar surface area (TPSA) is 59.9 Å². The zero-order valence-corrected chi connectivity index (χ0v) is 16.0. The SMILES string of the molecule is C=CCc1ccccc1OCC(=O)N/N=C\c1cccc(Oc2ccccc2)c1. The molecule has 3 aromatic rings. The number of hydrazone groups is 1. The van der Waals surface area contributed by atoms with Crippen molar-refractivity contribution in [2.24, 2.45) is 5.10 Å². The molecule has 0 saturated carbocycles. The molecule has 0 aliphatic carbocycles. The van der Waals surface area contributed by atoms with E-state index >= 15 is 0 Å². The lowest BCUT2D eigenvalue weighted by molar-refractivity contribution is -0.123. The van der Waals surface area contributed by atoms with Gasteiger partial charge in [-0.1, -0.05) is 54.6 Å². The maximum absolute atomic E-state index is 12.0. The van der Waals surface area contributed by atoms with Crippen molar-refractivity contribution in [3.05, 3.63) is 103 Å². The number of rotatable bonds is 9. The molecule has 5 nitrogen and oxygen atoms in total. The number of nitrogens with zero attached hydrogens (tertiary/aromatic N) is 1. The molecule has 3 rings (SSSR count). The average molecular weight is 386 g/mol. The second kappa shape index (κ2) is 10.5. The van der Waals surface area contributed by atoms with E-state index in [1.165, 1.54) is 0 Å². The van der Waals surface area contributed by atoms with E-state index in [0.29, 0.717) is 17.9 Å². The summed E-state index contributed by atoms with van der Waals surface area (Å²) < 4.78 is 11.4. The van der Waals surface area contributed by atoms with Gasteiger partial charge in [0, 0.05) is 0 Å². The highest BCUT2D eigenvalue weighted by Crippen LogP contribution is 2.21. The quantitative estimate of drug-likeness (QED) is 0.328. The van der Waals surface area contributed by atoms with Crippen molar-refractivity contribution in [2.75, 3.05) is 6.61 Å². The van der Waals surface area contributed by atoms with Gasteiger partial charge in [0.25, 0.3) is 5.91 Å². The molecular formula is C24H22N2O3. The molecule has 3 aromatic carbocycles. The molecule has 0 fully saturated rings. The summed E-state index contributed by atoms with van der Waals surface area (Å²) in [5.41, 5.74) is 4.25. The third-order valence-corrected chi connectivity index (χ3v) is 3.94. The summed E-state index contributed by atoms with van der Waals surface area (Å²) >= 11 is 0. The Labute approximate surface area is 170 Å². The predicted molar refractivity (Wildman–Crippen MR) is 115 cm³/mol. The number of ether oxygens (including phenoxy) is 2. The van der Waals surface area contributed by atoms with Crippen molar-refractivity contribution >= 4 is 12.1 Å². The molecule has 0 aliphatic heterocycles. The van der Waals surface area contributed by atoms with Gasteiger partial charge in [-0.05, 0) is 47.9 Å². The molecule has 0 spiro atoms. The second-order valence-corrected chi connectivity index (χ2v) is 6.17.